The molecule has 0 amide bonds. The molecule has 0 aliphatic carbocycles. The summed E-state index contributed by atoms with van der Waals surface area (Å²) in [4.78, 5) is 4.65. The normalized spacial score (nSPS) is 18.9. The van der Waals surface area contributed by atoms with Gasteiger partial charge >= 0.3 is 0 Å². The van der Waals surface area contributed by atoms with Crippen molar-refractivity contribution < 1.29 is 5.11 Å². The molecular formula is C10H25N3O. The van der Waals surface area contributed by atoms with Gasteiger partial charge in [0.2, 0.25) is 0 Å². The largest absolute Gasteiger partial charge is 0.395 e. The van der Waals surface area contributed by atoms with Crippen LogP contribution >= 0.6 is 0 Å². The van der Waals surface area contributed by atoms with E-state index in [1.54, 1.807) is 0 Å². The van der Waals surface area contributed by atoms with Crippen LogP contribution in [0.15, 0.2) is 0 Å². The van der Waals surface area contributed by atoms with E-state index in [9.17, 15) is 0 Å². The van der Waals surface area contributed by atoms with Crippen molar-refractivity contribution in [3.8, 4) is 0 Å². The molecule has 0 unspecified atom stereocenters. The van der Waals surface area contributed by atoms with Gasteiger partial charge in [0.1, 0.15) is 0 Å². The number of nitrogens with two attached hydrogens (primary N) is 1. The number of aliphatic hydroxyl groups excluding tert-OH is 1. The maximum atomic E-state index is 8.71. The van der Waals surface area contributed by atoms with Crippen molar-refractivity contribution in [3.63, 3.8) is 0 Å². The molecule has 3 N–H and O–H groups in total. The van der Waals surface area contributed by atoms with Crippen LogP contribution in [0.2, 0.25) is 0 Å². The predicted octanol–water partition coefficient (Wildman–Crippen LogP) is -0.419. The summed E-state index contributed by atoms with van der Waals surface area (Å²) in [6.45, 7) is 11.2. The Bertz CT molecular complexity index is 99.9. The highest BCUT2D eigenvalue weighted by molar-refractivity contribution is 4.71. The molecule has 1 saturated heterocycles. The summed E-state index contributed by atoms with van der Waals surface area (Å²) in [5, 5.41) is 8.71. The zero-order valence-corrected chi connectivity index (χ0v) is 9.58. The zero-order chi connectivity index (χ0) is 10.8. The van der Waals surface area contributed by atoms with Crippen molar-refractivity contribution in [2.75, 3.05) is 52.4 Å². The van der Waals surface area contributed by atoms with Gasteiger partial charge in [-0.2, -0.15) is 0 Å². The Morgan fingerprint density at radius 2 is 1.43 bits per heavy atom. The fraction of sp³-hybridized carbons (Fsp3) is 1.00. The summed E-state index contributed by atoms with van der Waals surface area (Å²) in [5.41, 5.74) is 5.46. The second kappa shape index (κ2) is 9.40. The maximum Gasteiger partial charge on any atom is 0.0558 e. The van der Waals surface area contributed by atoms with Crippen LogP contribution in [0.5, 0.6) is 0 Å². The lowest BCUT2D eigenvalue weighted by Gasteiger charge is -2.33. The van der Waals surface area contributed by atoms with Gasteiger partial charge in [0, 0.05) is 45.8 Å². The minimum Gasteiger partial charge on any atom is -0.395 e. The van der Waals surface area contributed by atoms with Gasteiger partial charge in [-0.05, 0) is 0 Å². The minimum absolute atomic E-state index is 0.275. The van der Waals surface area contributed by atoms with E-state index >= 15 is 0 Å². The lowest BCUT2D eigenvalue weighted by Crippen LogP contribution is -2.48. The average molecular weight is 203 g/mol. The van der Waals surface area contributed by atoms with Crippen molar-refractivity contribution in [2.45, 2.75) is 13.8 Å². The first-order valence-electron chi connectivity index (χ1n) is 5.62. The van der Waals surface area contributed by atoms with Gasteiger partial charge in [-0.3, -0.25) is 9.80 Å². The standard InChI is InChI=1S/C8H19N3O.C2H6/c9-1-2-10-3-5-11(6-4-10)7-8-12;1-2/h12H,1-9H2;1-2H3. The summed E-state index contributed by atoms with van der Waals surface area (Å²) in [5.74, 6) is 0. The monoisotopic (exact) mass is 203 g/mol. The second-order valence-electron chi connectivity index (χ2n) is 3.20. The van der Waals surface area contributed by atoms with Crippen molar-refractivity contribution in [3.05, 3.63) is 0 Å². The third-order valence-electron chi connectivity index (χ3n) is 2.33. The van der Waals surface area contributed by atoms with Crippen LogP contribution in [0.3, 0.4) is 0 Å². The molecule has 0 aromatic rings. The van der Waals surface area contributed by atoms with E-state index in [4.69, 9.17) is 10.8 Å². The maximum absolute atomic E-state index is 8.71. The molecule has 4 nitrogen and oxygen atoms in total. The van der Waals surface area contributed by atoms with Crippen LogP contribution in [0, 0.1) is 0 Å². The molecule has 1 heterocycles. The molecule has 0 aromatic carbocycles. The number of piperazine rings is 1. The van der Waals surface area contributed by atoms with Gasteiger partial charge < -0.3 is 10.8 Å². The third-order valence-corrected chi connectivity index (χ3v) is 2.33. The third kappa shape index (κ3) is 5.54. The first kappa shape index (κ1) is 13.8. The van der Waals surface area contributed by atoms with Gasteiger partial charge in [0.25, 0.3) is 0 Å². The quantitative estimate of drug-likeness (QED) is 0.652. The van der Waals surface area contributed by atoms with Gasteiger partial charge in [0.15, 0.2) is 0 Å². The fourth-order valence-electron chi connectivity index (χ4n) is 1.56. The molecule has 4 heteroatoms. The number of aliphatic hydroxyl groups is 1. The van der Waals surface area contributed by atoms with Gasteiger partial charge in [-0.1, -0.05) is 13.8 Å². The van der Waals surface area contributed by atoms with Crippen molar-refractivity contribution in [1.29, 1.82) is 0 Å². The van der Waals surface area contributed by atoms with Gasteiger partial charge in [-0.15, -0.1) is 0 Å². The SMILES string of the molecule is CC.NCCN1CCN(CCO)CC1. The molecule has 1 fully saturated rings. The van der Waals surface area contributed by atoms with Crippen LogP contribution in [-0.2, 0) is 0 Å². The summed E-state index contributed by atoms with van der Waals surface area (Å²) in [7, 11) is 0. The smallest absolute Gasteiger partial charge is 0.0558 e. The number of β-amino-alcohol motifs (C(OH)–C–C–N with tert-alkyl or cyclic N) is 1. The number of rotatable bonds is 4. The van der Waals surface area contributed by atoms with E-state index in [2.05, 4.69) is 9.80 Å². The highest BCUT2D eigenvalue weighted by atomic mass is 16.3. The van der Waals surface area contributed by atoms with Crippen LogP contribution in [0.1, 0.15) is 13.8 Å². The Morgan fingerprint density at radius 1 is 1.00 bits per heavy atom. The highest BCUT2D eigenvalue weighted by Crippen LogP contribution is 1.99. The second-order valence-corrected chi connectivity index (χ2v) is 3.20. The molecule has 14 heavy (non-hydrogen) atoms. The molecule has 0 aromatic heterocycles. The van der Waals surface area contributed by atoms with Crippen LogP contribution in [0.4, 0.5) is 0 Å². The lowest BCUT2D eigenvalue weighted by atomic mass is 10.3. The first-order chi connectivity index (χ1) is 6.86. The topological polar surface area (TPSA) is 52.7 Å². The molecule has 0 bridgehead atoms. The Labute approximate surface area is 87.7 Å². The molecule has 0 saturated carbocycles. The molecular weight excluding hydrogens is 178 g/mol. The first-order valence-corrected chi connectivity index (χ1v) is 5.62. The summed E-state index contributed by atoms with van der Waals surface area (Å²) in [6, 6.07) is 0. The summed E-state index contributed by atoms with van der Waals surface area (Å²) < 4.78 is 0. The molecule has 1 rings (SSSR count). The van der Waals surface area contributed by atoms with Crippen molar-refractivity contribution in [2.24, 2.45) is 5.73 Å². The molecule has 1 aliphatic rings. The van der Waals surface area contributed by atoms with E-state index in [1.807, 2.05) is 13.8 Å². The molecule has 0 radical (unpaired) electrons. The van der Waals surface area contributed by atoms with E-state index < -0.39 is 0 Å². The van der Waals surface area contributed by atoms with Gasteiger partial charge in [0.05, 0.1) is 6.61 Å². The molecule has 0 spiro atoms. The van der Waals surface area contributed by atoms with Crippen molar-refractivity contribution in [1.82, 2.24) is 9.80 Å². The van der Waals surface area contributed by atoms with Gasteiger partial charge in [-0.25, -0.2) is 0 Å². The van der Waals surface area contributed by atoms with Crippen LogP contribution < -0.4 is 5.73 Å². The lowest BCUT2D eigenvalue weighted by molar-refractivity contribution is 0.114. The zero-order valence-electron chi connectivity index (χ0n) is 9.58. The molecule has 0 atom stereocenters. The Hall–Kier alpha value is -0.160. The molecule has 86 valence electrons. The van der Waals surface area contributed by atoms with Crippen molar-refractivity contribution >= 4 is 0 Å². The van der Waals surface area contributed by atoms with E-state index in [1.165, 1.54) is 0 Å². The minimum atomic E-state index is 0.275. The Morgan fingerprint density at radius 3 is 1.79 bits per heavy atom. The number of hydrogen-bond acceptors (Lipinski definition) is 4. The number of nitrogens with zero attached hydrogens (tertiary/aromatic N) is 2. The Balaban J connectivity index is 0.000000791. The Kier molecular flexibility index (Phi) is 9.29. The summed E-state index contributed by atoms with van der Waals surface area (Å²) >= 11 is 0. The predicted molar refractivity (Wildman–Crippen MR) is 60.4 cm³/mol. The highest BCUT2D eigenvalue weighted by Gasteiger charge is 2.14. The fourth-order valence-corrected chi connectivity index (χ4v) is 1.56. The van der Waals surface area contributed by atoms with E-state index in [0.29, 0.717) is 0 Å². The van der Waals surface area contributed by atoms with E-state index in [-0.39, 0.29) is 6.61 Å². The molecule has 1 aliphatic heterocycles. The van der Waals surface area contributed by atoms with Crippen LogP contribution in [0.25, 0.3) is 0 Å². The van der Waals surface area contributed by atoms with Crippen LogP contribution in [-0.4, -0.2) is 67.3 Å². The number of hydrogen-bond donors (Lipinski definition) is 2. The average Bonchev–Trinajstić information content (AvgIpc) is 2.25. The summed E-state index contributed by atoms with van der Waals surface area (Å²) in [6.07, 6.45) is 0. The van der Waals surface area contributed by atoms with E-state index in [0.717, 1.165) is 45.8 Å².